The standard InChI is InChI=1S/C24H30F3N7/c1-33(2)13-7-8-34(12-13)19-9-18(30)16(10-28)20-14-5-3-4-6-15(14)21(32-22(19)20)17(11-29)23(31)24(25,26)27/h9-11,13,28-29H,3-8,12,30-31H2,1-2H3. The number of fused-ring (bicyclic) bond motifs is 3. The number of aryl methyl sites for hydroxylation is 1. The zero-order chi connectivity index (χ0) is 24.8. The first-order chi connectivity index (χ1) is 16.1. The summed E-state index contributed by atoms with van der Waals surface area (Å²) in [7, 11) is 4.04. The van der Waals surface area contributed by atoms with E-state index >= 15 is 0 Å². The zero-order valence-electron chi connectivity index (χ0n) is 19.4. The average Bonchev–Trinajstić information content (AvgIpc) is 3.29. The number of anilines is 2. The minimum atomic E-state index is -4.77. The molecule has 1 aliphatic heterocycles. The maximum absolute atomic E-state index is 13.6. The van der Waals surface area contributed by atoms with E-state index in [4.69, 9.17) is 27.3 Å². The first kappa shape index (κ1) is 24.0. The topological polar surface area (TPSA) is 119 Å². The number of rotatable bonds is 5. The maximum Gasteiger partial charge on any atom is 0.431 e. The van der Waals surface area contributed by atoms with Gasteiger partial charge in [0.25, 0.3) is 0 Å². The van der Waals surface area contributed by atoms with Gasteiger partial charge in [0.05, 0.1) is 16.9 Å². The van der Waals surface area contributed by atoms with Gasteiger partial charge in [-0.1, -0.05) is 0 Å². The molecule has 7 nitrogen and oxygen atoms in total. The Bertz CT molecular complexity index is 1180. The average molecular weight is 474 g/mol. The van der Waals surface area contributed by atoms with Crippen LogP contribution in [0.5, 0.6) is 0 Å². The van der Waals surface area contributed by atoms with E-state index in [1.165, 1.54) is 6.21 Å². The number of allylic oxidation sites excluding steroid dienone is 2. The molecule has 1 saturated heterocycles. The van der Waals surface area contributed by atoms with Gasteiger partial charge in [0, 0.05) is 53.8 Å². The van der Waals surface area contributed by atoms with Crippen LogP contribution in [-0.4, -0.2) is 61.7 Å². The lowest BCUT2D eigenvalue weighted by atomic mass is 9.84. The third-order valence-electron chi connectivity index (χ3n) is 7.00. The highest BCUT2D eigenvalue weighted by molar-refractivity contribution is 6.13. The number of hydrogen-bond acceptors (Lipinski definition) is 7. The molecule has 34 heavy (non-hydrogen) atoms. The Labute approximate surface area is 196 Å². The Morgan fingerprint density at radius 3 is 2.44 bits per heavy atom. The molecule has 0 bridgehead atoms. The van der Waals surface area contributed by atoms with Crippen molar-refractivity contribution in [3.63, 3.8) is 0 Å². The van der Waals surface area contributed by atoms with E-state index < -0.39 is 17.4 Å². The monoisotopic (exact) mass is 473 g/mol. The fourth-order valence-corrected chi connectivity index (χ4v) is 5.16. The highest BCUT2D eigenvalue weighted by Crippen LogP contribution is 2.42. The van der Waals surface area contributed by atoms with Gasteiger partial charge in [-0.05, 0) is 63.4 Å². The largest absolute Gasteiger partial charge is 0.431 e. The molecule has 182 valence electrons. The first-order valence-electron chi connectivity index (χ1n) is 11.4. The van der Waals surface area contributed by atoms with E-state index in [9.17, 15) is 13.2 Å². The van der Waals surface area contributed by atoms with E-state index in [1.54, 1.807) is 6.07 Å². The van der Waals surface area contributed by atoms with Crippen LogP contribution < -0.4 is 16.4 Å². The number of pyridine rings is 1. The van der Waals surface area contributed by atoms with Crippen molar-refractivity contribution in [2.45, 2.75) is 44.3 Å². The molecule has 0 saturated carbocycles. The summed E-state index contributed by atoms with van der Waals surface area (Å²) in [5.41, 5.74) is 14.0. The number of nitrogens with one attached hydrogen (secondary N) is 2. The number of aromatic nitrogens is 1. The Balaban J connectivity index is 2.07. The summed E-state index contributed by atoms with van der Waals surface area (Å²) >= 11 is 0. The van der Waals surface area contributed by atoms with Gasteiger partial charge in [-0.25, -0.2) is 4.98 Å². The molecule has 1 aromatic carbocycles. The van der Waals surface area contributed by atoms with E-state index in [-0.39, 0.29) is 5.69 Å². The molecule has 2 aromatic rings. The van der Waals surface area contributed by atoms with Crippen LogP contribution in [0, 0.1) is 10.8 Å². The summed E-state index contributed by atoms with van der Waals surface area (Å²) < 4.78 is 40.7. The van der Waals surface area contributed by atoms with Crippen LogP contribution in [-0.2, 0) is 12.8 Å². The molecule has 1 aromatic heterocycles. The second-order valence-corrected chi connectivity index (χ2v) is 9.21. The number of nitrogens with two attached hydrogens (primary N) is 2. The molecule has 2 heterocycles. The summed E-state index contributed by atoms with van der Waals surface area (Å²) in [6.45, 7) is 1.49. The molecule has 0 amide bonds. The van der Waals surface area contributed by atoms with Crippen LogP contribution in [0.25, 0.3) is 16.5 Å². The predicted molar refractivity (Wildman–Crippen MR) is 131 cm³/mol. The molecular formula is C24H30F3N7. The summed E-state index contributed by atoms with van der Waals surface area (Å²) in [5.74, 6) is 0. The van der Waals surface area contributed by atoms with Crippen LogP contribution in [0.4, 0.5) is 24.5 Å². The molecule has 4 rings (SSSR count). The smallest absolute Gasteiger partial charge is 0.398 e. The number of halogens is 3. The second-order valence-electron chi connectivity index (χ2n) is 9.21. The fourth-order valence-electron chi connectivity index (χ4n) is 5.16. The normalized spacial score (nSPS) is 19.4. The van der Waals surface area contributed by atoms with Crippen molar-refractivity contribution in [3.8, 4) is 0 Å². The SMILES string of the molecule is CN(C)C1CCN(c2cc(N)c(C=N)c3c4c(c(C(C=N)=C(N)C(F)(F)F)nc23)CCCC4)C1. The highest BCUT2D eigenvalue weighted by atomic mass is 19.4. The molecular weight excluding hydrogens is 443 g/mol. The van der Waals surface area contributed by atoms with Crippen molar-refractivity contribution >= 4 is 40.3 Å². The minimum absolute atomic E-state index is 0.109. The zero-order valence-corrected chi connectivity index (χ0v) is 19.4. The molecule has 1 atom stereocenters. The van der Waals surface area contributed by atoms with Gasteiger partial charge >= 0.3 is 6.18 Å². The van der Waals surface area contributed by atoms with Crippen LogP contribution in [0.2, 0.25) is 0 Å². The van der Waals surface area contributed by atoms with Gasteiger partial charge in [0.1, 0.15) is 5.70 Å². The third kappa shape index (κ3) is 4.00. The number of likely N-dealkylation sites (N-methyl/N-ethyl adjacent to an activating group) is 1. The third-order valence-corrected chi connectivity index (χ3v) is 7.00. The second kappa shape index (κ2) is 8.90. The van der Waals surface area contributed by atoms with Crippen molar-refractivity contribution in [2.75, 3.05) is 37.8 Å². The number of hydrogen-bond donors (Lipinski definition) is 4. The number of nitrogen functional groups attached to an aromatic ring is 1. The van der Waals surface area contributed by atoms with Crippen LogP contribution in [0.3, 0.4) is 0 Å². The fraction of sp³-hybridized carbons (Fsp3) is 0.458. The van der Waals surface area contributed by atoms with Crippen LogP contribution >= 0.6 is 0 Å². The predicted octanol–water partition coefficient (Wildman–Crippen LogP) is 3.72. The van der Waals surface area contributed by atoms with E-state index in [0.29, 0.717) is 47.4 Å². The Morgan fingerprint density at radius 1 is 1.21 bits per heavy atom. The number of nitrogens with zero attached hydrogens (tertiary/aromatic N) is 3. The Kier molecular flexibility index (Phi) is 6.28. The molecule has 0 spiro atoms. The summed E-state index contributed by atoms with van der Waals surface area (Å²) in [4.78, 5) is 9.06. The van der Waals surface area contributed by atoms with Crippen molar-refractivity contribution < 1.29 is 13.2 Å². The Hall–Kier alpha value is -3.14. The molecule has 1 fully saturated rings. The first-order valence-corrected chi connectivity index (χ1v) is 11.4. The Morgan fingerprint density at radius 2 is 1.88 bits per heavy atom. The van der Waals surface area contributed by atoms with Gasteiger partial charge in [-0.15, -0.1) is 0 Å². The van der Waals surface area contributed by atoms with E-state index in [2.05, 4.69) is 9.80 Å². The number of benzene rings is 1. The number of alkyl halides is 3. The van der Waals surface area contributed by atoms with Crippen molar-refractivity contribution in [1.29, 1.82) is 10.8 Å². The molecule has 2 aliphatic rings. The quantitative estimate of drug-likeness (QED) is 0.390. The van der Waals surface area contributed by atoms with Gasteiger partial charge in [0.2, 0.25) is 0 Å². The van der Waals surface area contributed by atoms with Crippen molar-refractivity contribution in [2.24, 2.45) is 5.73 Å². The summed E-state index contributed by atoms with van der Waals surface area (Å²) in [5, 5.41) is 16.5. The lowest BCUT2D eigenvalue weighted by Crippen LogP contribution is -2.31. The minimum Gasteiger partial charge on any atom is -0.398 e. The molecule has 0 radical (unpaired) electrons. The van der Waals surface area contributed by atoms with Gasteiger partial charge in [-0.3, -0.25) is 0 Å². The lowest BCUT2D eigenvalue weighted by molar-refractivity contribution is -0.0919. The molecule has 1 unspecified atom stereocenters. The highest BCUT2D eigenvalue weighted by Gasteiger charge is 2.36. The van der Waals surface area contributed by atoms with E-state index in [1.807, 2.05) is 14.1 Å². The van der Waals surface area contributed by atoms with Gasteiger partial charge in [0.15, 0.2) is 0 Å². The summed E-state index contributed by atoms with van der Waals surface area (Å²) in [6.07, 6.45) is 0.856. The van der Waals surface area contributed by atoms with Gasteiger partial charge < -0.3 is 32.1 Å². The lowest BCUT2D eigenvalue weighted by Gasteiger charge is -2.28. The molecule has 1 aliphatic carbocycles. The van der Waals surface area contributed by atoms with Gasteiger partial charge in [-0.2, -0.15) is 13.2 Å². The maximum atomic E-state index is 13.6. The molecule has 10 heteroatoms. The summed E-state index contributed by atoms with van der Waals surface area (Å²) in [6, 6.07) is 2.10. The van der Waals surface area contributed by atoms with Crippen molar-refractivity contribution in [1.82, 2.24) is 9.88 Å². The molecule has 6 N–H and O–H groups in total. The van der Waals surface area contributed by atoms with E-state index in [0.717, 1.165) is 49.0 Å². The van der Waals surface area contributed by atoms with Crippen LogP contribution in [0.15, 0.2) is 11.8 Å². The van der Waals surface area contributed by atoms with Crippen LogP contribution in [0.1, 0.15) is 41.6 Å². The van der Waals surface area contributed by atoms with Crippen molar-refractivity contribution in [3.05, 3.63) is 34.1 Å².